The van der Waals surface area contributed by atoms with Crippen molar-refractivity contribution in [2.45, 2.75) is 31.6 Å². The topological polar surface area (TPSA) is 45.7 Å². The molecule has 1 heterocycles. The zero-order valence-corrected chi connectivity index (χ0v) is 21.4. The summed E-state index contributed by atoms with van der Waals surface area (Å²) in [6.07, 6.45) is 1.36. The molecule has 0 saturated carbocycles. The summed E-state index contributed by atoms with van der Waals surface area (Å²) in [6, 6.07) is 16.1. The van der Waals surface area contributed by atoms with Gasteiger partial charge in [0.05, 0.1) is 17.3 Å². The molecule has 32 heavy (non-hydrogen) atoms. The average molecular weight is 494 g/mol. The van der Waals surface area contributed by atoms with E-state index in [-0.39, 0.29) is 18.3 Å². The van der Waals surface area contributed by atoms with E-state index in [1.807, 2.05) is 35.2 Å². The van der Waals surface area contributed by atoms with Gasteiger partial charge in [0.2, 0.25) is 5.91 Å². The number of nitrogens with zero attached hydrogens (tertiary/aromatic N) is 3. The van der Waals surface area contributed by atoms with Crippen molar-refractivity contribution in [3.8, 4) is 5.75 Å². The molecule has 0 spiro atoms. The van der Waals surface area contributed by atoms with Crippen molar-refractivity contribution in [2.75, 3.05) is 43.9 Å². The standard InChI is InChI=1S/C24H31N3O2S2.ClH/c1-4-26(5-2)16-17-27(24-25-21-9-6-7-10-22(21)31-24)23(28)11-8-18-30-20-14-12-19(29-3)13-15-20;/h6-7,9-10,12-15H,4-5,8,11,16-18H2,1-3H3;1H. The molecule has 174 valence electrons. The molecular formula is C24H32ClN3O2S2. The van der Waals surface area contributed by atoms with Crippen molar-refractivity contribution in [3.63, 3.8) is 0 Å². The first kappa shape index (κ1) is 26.5. The number of aromatic nitrogens is 1. The second kappa shape index (κ2) is 13.7. The molecule has 3 rings (SSSR count). The number of halogens is 1. The number of hydrogen-bond donors (Lipinski definition) is 0. The number of para-hydroxylation sites is 1. The highest BCUT2D eigenvalue weighted by Crippen LogP contribution is 2.29. The van der Waals surface area contributed by atoms with E-state index in [0.29, 0.717) is 13.0 Å². The van der Waals surface area contributed by atoms with Gasteiger partial charge in [-0.15, -0.1) is 24.2 Å². The first-order valence-electron chi connectivity index (χ1n) is 10.8. The summed E-state index contributed by atoms with van der Waals surface area (Å²) in [7, 11) is 1.67. The SMILES string of the molecule is CCN(CC)CCN(C(=O)CCCSc1ccc(OC)cc1)c1nc2ccccc2s1.Cl. The number of thioether (sulfide) groups is 1. The summed E-state index contributed by atoms with van der Waals surface area (Å²) in [6.45, 7) is 7.81. The Bertz CT molecular complexity index is 928. The Morgan fingerprint density at radius 3 is 2.44 bits per heavy atom. The minimum atomic E-state index is 0. The summed E-state index contributed by atoms with van der Waals surface area (Å²) in [5.74, 6) is 1.92. The monoisotopic (exact) mass is 493 g/mol. The molecule has 0 aliphatic rings. The van der Waals surface area contributed by atoms with Crippen LogP contribution in [0.4, 0.5) is 5.13 Å². The number of benzene rings is 2. The third kappa shape index (κ3) is 7.37. The number of hydrogen-bond acceptors (Lipinski definition) is 6. The van der Waals surface area contributed by atoms with E-state index in [2.05, 4.69) is 36.9 Å². The van der Waals surface area contributed by atoms with Gasteiger partial charge < -0.3 is 9.64 Å². The van der Waals surface area contributed by atoms with E-state index >= 15 is 0 Å². The molecular weight excluding hydrogens is 462 g/mol. The minimum Gasteiger partial charge on any atom is -0.497 e. The van der Waals surface area contributed by atoms with E-state index in [1.54, 1.807) is 30.2 Å². The Hall–Kier alpha value is -1.80. The fraction of sp³-hybridized carbons (Fsp3) is 0.417. The van der Waals surface area contributed by atoms with Gasteiger partial charge in [0, 0.05) is 24.4 Å². The zero-order valence-electron chi connectivity index (χ0n) is 19.0. The highest BCUT2D eigenvalue weighted by Gasteiger charge is 2.20. The van der Waals surface area contributed by atoms with E-state index in [9.17, 15) is 4.79 Å². The van der Waals surface area contributed by atoms with Crippen LogP contribution in [-0.4, -0.2) is 54.8 Å². The lowest BCUT2D eigenvalue weighted by atomic mass is 10.3. The van der Waals surface area contributed by atoms with Crippen molar-refractivity contribution in [2.24, 2.45) is 0 Å². The fourth-order valence-corrected chi connectivity index (χ4v) is 5.17. The van der Waals surface area contributed by atoms with Gasteiger partial charge >= 0.3 is 0 Å². The van der Waals surface area contributed by atoms with Crippen LogP contribution in [0.1, 0.15) is 26.7 Å². The molecule has 1 aromatic heterocycles. The lowest BCUT2D eigenvalue weighted by molar-refractivity contribution is -0.118. The van der Waals surface area contributed by atoms with Gasteiger partial charge in [-0.05, 0) is 61.7 Å². The number of anilines is 1. The van der Waals surface area contributed by atoms with Crippen molar-refractivity contribution >= 4 is 56.8 Å². The molecule has 0 saturated heterocycles. The Kier molecular flexibility index (Phi) is 11.3. The summed E-state index contributed by atoms with van der Waals surface area (Å²) >= 11 is 3.37. The molecule has 3 aromatic rings. The van der Waals surface area contributed by atoms with Crippen molar-refractivity contribution in [1.29, 1.82) is 0 Å². The second-order valence-electron chi connectivity index (χ2n) is 7.16. The smallest absolute Gasteiger partial charge is 0.228 e. The highest BCUT2D eigenvalue weighted by atomic mass is 35.5. The van der Waals surface area contributed by atoms with Crippen LogP contribution in [0.25, 0.3) is 10.2 Å². The van der Waals surface area contributed by atoms with Crippen LogP contribution in [0.15, 0.2) is 53.4 Å². The van der Waals surface area contributed by atoms with Crippen LogP contribution in [0.5, 0.6) is 5.75 Å². The number of methoxy groups -OCH3 is 1. The number of carbonyl (C=O) groups is 1. The van der Waals surface area contributed by atoms with Crippen LogP contribution in [0.2, 0.25) is 0 Å². The average Bonchev–Trinajstić information content (AvgIpc) is 3.23. The number of thiazole rings is 1. The molecule has 5 nitrogen and oxygen atoms in total. The maximum Gasteiger partial charge on any atom is 0.228 e. The lowest BCUT2D eigenvalue weighted by Crippen LogP contribution is -2.38. The number of carbonyl (C=O) groups excluding carboxylic acids is 1. The molecule has 0 fully saturated rings. The summed E-state index contributed by atoms with van der Waals surface area (Å²) in [5, 5.41) is 0.807. The van der Waals surface area contributed by atoms with Gasteiger partial charge in [0.1, 0.15) is 5.75 Å². The largest absolute Gasteiger partial charge is 0.497 e. The highest BCUT2D eigenvalue weighted by molar-refractivity contribution is 7.99. The Morgan fingerprint density at radius 2 is 1.78 bits per heavy atom. The van der Waals surface area contributed by atoms with Crippen LogP contribution < -0.4 is 9.64 Å². The Balaban J connectivity index is 0.00000363. The number of likely N-dealkylation sites (N-methyl/N-ethyl adjacent to an activating group) is 1. The number of fused-ring (bicyclic) bond motifs is 1. The second-order valence-corrected chi connectivity index (χ2v) is 9.34. The maximum atomic E-state index is 13.2. The van der Waals surface area contributed by atoms with Gasteiger partial charge in [0.25, 0.3) is 0 Å². The van der Waals surface area contributed by atoms with E-state index < -0.39 is 0 Å². The molecule has 8 heteroatoms. The van der Waals surface area contributed by atoms with E-state index in [1.165, 1.54) is 4.90 Å². The Morgan fingerprint density at radius 1 is 1.06 bits per heavy atom. The van der Waals surface area contributed by atoms with Gasteiger partial charge in [-0.25, -0.2) is 4.98 Å². The van der Waals surface area contributed by atoms with Crippen LogP contribution in [0, 0.1) is 0 Å². The van der Waals surface area contributed by atoms with Crippen molar-refractivity contribution < 1.29 is 9.53 Å². The maximum absolute atomic E-state index is 13.2. The summed E-state index contributed by atoms with van der Waals surface area (Å²) in [4.78, 5) is 23.3. The van der Waals surface area contributed by atoms with Gasteiger partial charge in [-0.3, -0.25) is 9.69 Å². The molecule has 0 atom stereocenters. The molecule has 0 unspecified atom stereocenters. The number of ether oxygens (including phenoxy) is 1. The minimum absolute atomic E-state index is 0. The van der Waals surface area contributed by atoms with Crippen molar-refractivity contribution in [3.05, 3.63) is 48.5 Å². The quantitative estimate of drug-likeness (QED) is 0.229. The van der Waals surface area contributed by atoms with E-state index in [0.717, 1.165) is 52.9 Å². The predicted octanol–water partition coefficient (Wildman–Crippen LogP) is 5.97. The summed E-state index contributed by atoms with van der Waals surface area (Å²) in [5.41, 5.74) is 0.957. The van der Waals surface area contributed by atoms with Crippen molar-refractivity contribution in [1.82, 2.24) is 9.88 Å². The molecule has 2 aromatic carbocycles. The van der Waals surface area contributed by atoms with Gasteiger partial charge in [-0.2, -0.15) is 0 Å². The number of amides is 1. The molecule has 0 aliphatic carbocycles. The third-order valence-corrected chi connectivity index (χ3v) is 7.37. The third-order valence-electron chi connectivity index (χ3n) is 5.21. The first-order chi connectivity index (χ1) is 15.1. The zero-order chi connectivity index (χ0) is 22.1. The molecule has 0 aliphatic heterocycles. The predicted molar refractivity (Wildman–Crippen MR) is 140 cm³/mol. The van der Waals surface area contributed by atoms with Crippen LogP contribution >= 0.6 is 35.5 Å². The fourth-order valence-electron chi connectivity index (χ4n) is 3.30. The molecule has 0 N–H and O–H groups in total. The first-order valence-corrected chi connectivity index (χ1v) is 12.6. The van der Waals surface area contributed by atoms with Crippen LogP contribution in [0.3, 0.4) is 0 Å². The van der Waals surface area contributed by atoms with Gasteiger partial charge in [0.15, 0.2) is 5.13 Å². The van der Waals surface area contributed by atoms with Crippen LogP contribution in [-0.2, 0) is 4.79 Å². The van der Waals surface area contributed by atoms with Gasteiger partial charge in [-0.1, -0.05) is 37.3 Å². The van der Waals surface area contributed by atoms with E-state index in [4.69, 9.17) is 9.72 Å². The number of rotatable bonds is 12. The molecule has 0 bridgehead atoms. The normalized spacial score (nSPS) is 10.9. The molecule has 1 amide bonds. The molecule has 0 radical (unpaired) electrons. The Labute approximate surface area is 205 Å². The lowest BCUT2D eigenvalue weighted by Gasteiger charge is -2.24. The summed E-state index contributed by atoms with van der Waals surface area (Å²) < 4.78 is 6.32.